The standard InChI is InChI=1S/C6H12NO3P/c1-2-5-10-11(8,9)6-3-4-7/h2-4H,1,5-7H2,(H,8,9). The second-order valence-electron chi connectivity index (χ2n) is 1.83. The van der Waals surface area contributed by atoms with E-state index in [0.717, 1.165) is 0 Å². The zero-order valence-electron chi connectivity index (χ0n) is 6.14. The van der Waals surface area contributed by atoms with E-state index in [1.54, 1.807) is 0 Å². The zero-order valence-corrected chi connectivity index (χ0v) is 7.04. The average Bonchev–Trinajstić information content (AvgIpc) is 1.97. The van der Waals surface area contributed by atoms with Gasteiger partial charge in [-0.2, -0.15) is 0 Å². The van der Waals surface area contributed by atoms with Crippen molar-refractivity contribution in [3.05, 3.63) is 24.9 Å². The maximum atomic E-state index is 10.9. The maximum absolute atomic E-state index is 10.9. The first-order chi connectivity index (χ1) is 5.12. The van der Waals surface area contributed by atoms with E-state index >= 15 is 0 Å². The van der Waals surface area contributed by atoms with Crippen LogP contribution in [0.3, 0.4) is 0 Å². The molecule has 5 heteroatoms. The van der Waals surface area contributed by atoms with Gasteiger partial charge in [0.1, 0.15) is 0 Å². The third-order valence-corrected chi connectivity index (χ3v) is 2.09. The summed E-state index contributed by atoms with van der Waals surface area (Å²) >= 11 is 0. The summed E-state index contributed by atoms with van der Waals surface area (Å²) in [6.45, 7) is 3.42. The Bertz CT molecular complexity index is 190. The van der Waals surface area contributed by atoms with Gasteiger partial charge >= 0.3 is 7.60 Å². The summed E-state index contributed by atoms with van der Waals surface area (Å²) < 4.78 is 15.5. The lowest BCUT2D eigenvalue weighted by Crippen LogP contribution is -1.93. The second-order valence-corrected chi connectivity index (χ2v) is 3.73. The van der Waals surface area contributed by atoms with E-state index in [1.807, 2.05) is 0 Å². The molecule has 0 aliphatic rings. The Morgan fingerprint density at radius 3 is 2.82 bits per heavy atom. The second kappa shape index (κ2) is 5.13. The number of allylic oxidation sites excluding steroid dienone is 1. The highest BCUT2D eigenvalue weighted by Crippen LogP contribution is 2.41. The average molecular weight is 177 g/mol. The number of hydrogen-bond acceptors (Lipinski definition) is 3. The molecular weight excluding hydrogens is 165 g/mol. The summed E-state index contributed by atoms with van der Waals surface area (Å²) in [6.07, 6.45) is 3.94. The van der Waals surface area contributed by atoms with Crippen LogP contribution in [0.2, 0.25) is 0 Å². The molecule has 4 nitrogen and oxygen atoms in total. The lowest BCUT2D eigenvalue weighted by Gasteiger charge is -2.06. The summed E-state index contributed by atoms with van der Waals surface area (Å²) in [5.74, 6) is 0. The molecule has 1 unspecified atom stereocenters. The van der Waals surface area contributed by atoms with Gasteiger partial charge in [-0.1, -0.05) is 12.2 Å². The Morgan fingerprint density at radius 1 is 1.73 bits per heavy atom. The van der Waals surface area contributed by atoms with Gasteiger partial charge in [-0.3, -0.25) is 4.57 Å². The van der Waals surface area contributed by atoms with Gasteiger partial charge in [-0.05, 0) is 6.20 Å². The summed E-state index contributed by atoms with van der Waals surface area (Å²) in [6, 6.07) is 0. The van der Waals surface area contributed by atoms with Crippen molar-refractivity contribution in [3.8, 4) is 0 Å². The summed E-state index contributed by atoms with van der Waals surface area (Å²) in [5.41, 5.74) is 4.98. The number of hydrogen-bond donors (Lipinski definition) is 2. The summed E-state index contributed by atoms with van der Waals surface area (Å²) in [5, 5.41) is 0. The molecule has 0 fully saturated rings. The molecule has 1 atom stereocenters. The molecule has 0 spiro atoms. The van der Waals surface area contributed by atoms with Crippen LogP contribution in [0.15, 0.2) is 24.9 Å². The molecule has 3 N–H and O–H groups in total. The third-order valence-electron chi connectivity index (χ3n) is 0.866. The molecule has 0 rings (SSSR count). The van der Waals surface area contributed by atoms with Crippen molar-refractivity contribution in [1.29, 1.82) is 0 Å². The molecule has 0 aromatic rings. The minimum Gasteiger partial charge on any atom is -0.405 e. The van der Waals surface area contributed by atoms with Crippen molar-refractivity contribution in [2.45, 2.75) is 0 Å². The van der Waals surface area contributed by atoms with Crippen molar-refractivity contribution < 1.29 is 14.0 Å². The fourth-order valence-corrected chi connectivity index (χ4v) is 1.25. The fraction of sp³-hybridized carbons (Fsp3) is 0.333. The Balaban J connectivity index is 3.79. The maximum Gasteiger partial charge on any atom is 0.332 e. The molecule has 0 amide bonds. The van der Waals surface area contributed by atoms with Crippen molar-refractivity contribution in [2.24, 2.45) is 5.73 Å². The lowest BCUT2D eigenvalue weighted by atomic mass is 10.7. The van der Waals surface area contributed by atoms with E-state index < -0.39 is 7.60 Å². The molecule has 0 saturated carbocycles. The largest absolute Gasteiger partial charge is 0.405 e. The Kier molecular flexibility index (Phi) is 4.86. The smallest absolute Gasteiger partial charge is 0.332 e. The van der Waals surface area contributed by atoms with E-state index in [4.69, 9.17) is 10.6 Å². The zero-order chi connectivity index (χ0) is 8.74. The molecule has 0 radical (unpaired) electrons. The molecule has 0 bridgehead atoms. The Morgan fingerprint density at radius 2 is 2.36 bits per heavy atom. The Hall–Kier alpha value is -0.570. The first kappa shape index (κ1) is 10.4. The van der Waals surface area contributed by atoms with Crippen LogP contribution in [-0.4, -0.2) is 17.7 Å². The third kappa shape index (κ3) is 5.85. The van der Waals surface area contributed by atoms with Gasteiger partial charge in [0.15, 0.2) is 0 Å². The molecule has 0 aromatic heterocycles. The van der Waals surface area contributed by atoms with Gasteiger partial charge in [0.2, 0.25) is 0 Å². The van der Waals surface area contributed by atoms with E-state index in [-0.39, 0.29) is 12.8 Å². The lowest BCUT2D eigenvalue weighted by molar-refractivity contribution is 0.290. The first-order valence-corrected chi connectivity index (χ1v) is 4.82. The van der Waals surface area contributed by atoms with Crippen LogP contribution in [0.4, 0.5) is 0 Å². The fourth-order valence-electron chi connectivity index (χ4n) is 0.416. The monoisotopic (exact) mass is 177 g/mol. The van der Waals surface area contributed by atoms with Gasteiger partial charge < -0.3 is 15.2 Å². The van der Waals surface area contributed by atoms with Crippen LogP contribution in [0, 0.1) is 0 Å². The molecule has 0 aliphatic heterocycles. The normalized spacial score (nSPS) is 16.5. The molecule has 0 aromatic carbocycles. The first-order valence-electron chi connectivity index (χ1n) is 3.06. The molecule has 0 heterocycles. The van der Waals surface area contributed by atoms with Crippen LogP contribution in [-0.2, 0) is 9.09 Å². The van der Waals surface area contributed by atoms with E-state index in [2.05, 4.69) is 11.1 Å². The van der Waals surface area contributed by atoms with Crippen LogP contribution in [0.1, 0.15) is 0 Å². The SMILES string of the molecule is C=CCOP(=O)(O)CC=CN. The van der Waals surface area contributed by atoms with E-state index in [0.29, 0.717) is 0 Å². The quantitative estimate of drug-likeness (QED) is 0.482. The summed E-state index contributed by atoms with van der Waals surface area (Å²) in [7, 11) is -3.46. The van der Waals surface area contributed by atoms with Crippen LogP contribution < -0.4 is 5.73 Å². The van der Waals surface area contributed by atoms with E-state index in [1.165, 1.54) is 18.4 Å². The molecule has 11 heavy (non-hydrogen) atoms. The molecule has 0 saturated heterocycles. The molecule has 64 valence electrons. The van der Waals surface area contributed by atoms with E-state index in [9.17, 15) is 4.57 Å². The highest BCUT2D eigenvalue weighted by atomic mass is 31.2. The van der Waals surface area contributed by atoms with Gasteiger partial charge in [0.05, 0.1) is 12.8 Å². The topological polar surface area (TPSA) is 72.5 Å². The molecule has 0 aliphatic carbocycles. The van der Waals surface area contributed by atoms with Crippen molar-refractivity contribution in [3.63, 3.8) is 0 Å². The highest BCUT2D eigenvalue weighted by Gasteiger charge is 2.15. The number of rotatable bonds is 5. The van der Waals surface area contributed by atoms with Crippen LogP contribution in [0.25, 0.3) is 0 Å². The van der Waals surface area contributed by atoms with Crippen molar-refractivity contribution in [1.82, 2.24) is 0 Å². The van der Waals surface area contributed by atoms with Crippen molar-refractivity contribution >= 4 is 7.60 Å². The van der Waals surface area contributed by atoms with Crippen LogP contribution in [0.5, 0.6) is 0 Å². The minimum atomic E-state index is -3.46. The minimum absolute atomic E-state index is 0.0582. The predicted octanol–water partition coefficient (Wildman–Crippen LogP) is 0.847. The highest BCUT2D eigenvalue weighted by molar-refractivity contribution is 7.53. The van der Waals surface area contributed by atoms with Gasteiger partial charge in [-0.15, -0.1) is 6.58 Å². The van der Waals surface area contributed by atoms with Gasteiger partial charge in [0, 0.05) is 0 Å². The van der Waals surface area contributed by atoms with Gasteiger partial charge in [0.25, 0.3) is 0 Å². The van der Waals surface area contributed by atoms with Crippen LogP contribution >= 0.6 is 7.60 Å². The van der Waals surface area contributed by atoms with Crippen molar-refractivity contribution in [2.75, 3.05) is 12.8 Å². The number of nitrogens with two attached hydrogens (primary N) is 1. The Labute approximate surface area is 65.9 Å². The predicted molar refractivity (Wildman–Crippen MR) is 44.2 cm³/mol. The molecular formula is C6H12NO3P. The van der Waals surface area contributed by atoms with Gasteiger partial charge in [-0.25, -0.2) is 0 Å². The summed E-state index contributed by atoms with van der Waals surface area (Å²) in [4.78, 5) is 8.96.